The molecule has 0 spiro atoms. The van der Waals surface area contributed by atoms with Gasteiger partial charge in [0.25, 0.3) is 0 Å². The Bertz CT molecular complexity index is 486. The molecule has 0 radical (unpaired) electrons. The van der Waals surface area contributed by atoms with E-state index < -0.39 is 11.5 Å². The van der Waals surface area contributed by atoms with Crippen molar-refractivity contribution in [3.8, 4) is 0 Å². The molecule has 1 N–H and O–H groups in total. The molecule has 19 heavy (non-hydrogen) atoms. The van der Waals surface area contributed by atoms with Gasteiger partial charge in [-0.1, -0.05) is 13.0 Å². The van der Waals surface area contributed by atoms with Gasteiger partial charge in [0.15, 0.2) is 0 Å². The molecule has 1 aliphatic carbocycles. The van der Waals surface area contributed by atoms with Crippen molar-refractivity contribution in [2.24, 2.45) is 5.92 Å². The van der Waals surface area contributed by atoms with Crippen LogP contribution in [0, 0.1) is 11.7 Å². The van der Waals surface area contributed by atoms with Gasteiger partial charge in [-0.05, 0) is 49.4 Å². The number of benzene rings is 1. The van der Waals surface area contributed by atoms with E-state index in [-0.39, 0.29) is 11.8 Å². The molecular formula is C15H19FO3. The minimum Gasteiger partial charge on any atom is -0.466 e. The molecule has 0 aromatic heterocycles. The van der Waals surface area contributed by atoms with Crippen molar-refractivity contribution in [3.63, 3.8) is 0 Å². The van der Waals surface area contributed by atoms with Crippen LogP contribution in [0.1, 0.15) is 37.8 Å². The van der Waals surface area contributed by atoms with Gasteiger partial charge in [-0.3, -0.25) is 4.79 Å². The summed E-state index contributed by atoms with van der Waals surface area (Å²) in [5, 5.41) is 10.9. The molecule has 0 saturated carbocycles. The van der Waals surface area contributed by atoms with E-state index in [2.05, 4.69) is 0 Å². The highest BCUT2D eigenvalue weighted by Crippen LogP contribution is 2.44. The first-order chi connectivity index (χ1) is 9.02. The van der Waals surface area contributed by atoms with E-state index in [1.165, 1.54) is 12.1 Å². The second-order valence-corrected chi connectivity index (χ2v) is 4.94. The quantitative estimate of drug-likeness (QED) is 0.852. The zero-order valence-corrected chi connectivity index (χ0v) is 11.3. The largest absolute Gasteiger partial charge is 0.466 e. The lowest BCUT2D eigenvalue weighted by Crippen LogP contribution is -2.38. The summed E-state index contributed by atoms with van der Waals surface area (Å²) in [6, 6.07) is 4.34. The predicted molar refractivity (Wildman–Crippen MR) is 69.0 cm³/mol. The van der Waals surface area contributed by atoms with Crippen molar-refractivity contribution >= 4 is 5.97 Å². The third-order valence-corrected chi connectivity index (χ3v) is 3.87. The third kappa shape index (κ3) is 2.37. The zero-order valence-electron chi connectivity index (χ0n) is 11.3. The molecule has 1 aliphatic rings. The standard InChI is InChI=1S/C15H19FO3/c1-3-12(14(17)19-4-2)15(18)8-7-10-9-11(16)5-6-13(10)15/h5-6,9,12,18H,3-4,7-8H2,1-2H3. The highest BCUT2D eigenvalue weighted by Gasteiger charge is 2.46. The van der Waals surface area contributed by atoms with Crippen LogP contribution in [0.5, 0.6) is 0 Å². The topological polar surface area (TPSA) is 46.5 Å². The van der Waals surface area contributed by atoms with Gasteiger partial charge in [-0.25, -0.2) is 4.39 Å². The maximum atomic E-state index is 13.2. The maximum Gasteiger partial charge on any atom is 0.312 e. The number of aliphatic hydroxyl groups is 1. The van der Waals surface area contributed by atoms with Crippen molar-refractivity contribution < 1.29 is 19.0 Å². The first kappa shape index (κ1) is 14.0. The molecular weight excluding hydrogens is 247 g/mol. The second-order valence-electron chi connectivity index (χ2n) is 4.94. The molecule has 0 heterocycles. The summed E-state index contributed by atoms with van der Waals surface area (Å²) in [5.74, 6) is -1.30. The van der Waals surface area contributed by atoms with Crippen LogP contribution in [0.3, 0.4) is 0 Å². The fourth-order valence-corrected chi connectivity index (χ4v) is 2.96. The zero-order chi connectivity index (χ0) is 14.0. The van der Waals surface area contributed by atoms with Crippen LogP contribution in [-0.4, -0.2) is 17.7 Å². The van der Waals surface area contributed by atoms with E-state index in [4.69, 9.17) is 4.74 Å². The van der Waals surface area contributed by atoms with Gasteiger partial charge in [0.2, 0.25) is 0 Å². The molecule has 0 fully saturated rings. The maximum absolute atomic E-state index is 13.2. The molecule has 2 atom stereocenters. The van der Waals surface area contributed by atoms with Crippen LogP contribution in [-0.2, 0) is 21.6 Å². The Morgan fingerprint density at radius 3 is 2.89 bits per heavy atom. The lowest BCUT2D eigenvalue weighted by atomic mass is 9.80. The van der Waals surface area contributed by atoms with Gasteiger partial charge in [0, 0.05) is 0 Å². The van der Waals surface area contributed by atoms with Crippen LogP contribution >= 0.6 is 0 Å². The summed E-state index contributed by atoms with van der Waals surface area (Å²) in [4.78, 5) is 12.0. The van der Waals surface area contributed by atoms with Crippen LogP contribution in [0.15, 0.2) is 18.2 Å². The summed E-state index contributed by atoms with van der Waals surface area (Å²) in [6.07, 6.45) is 1.51. The first-order valence-corrected chi connectivity index (χ1v) is 6.70. The predicted octanol–water partition coefficient (Wildman–Crippen LogP) is 2.55. The Morgan fingerprint density at radius 1 is 1.53 bits per heavy atom. The van der Waals surface area contributed by atoms with Gasteiger partial charge in [0.05, 0.1) is 12.5 Å². The average Bonchev–Trinajstić information content (AvgIpc) is 2.68. The van der Waals surface area contributed by atoms with Crippen molar-refractivity contribution in [3.05, 3.63) is 35.1 Å². The lowest BCUT2D eigenvalue weighted by molar-refractivity contribution is -0.159. The minimum atomic E-state index is -1.23. The number of rotatable bonds is 4. The number of carbonyl (C=O) groups excluding carboxylic acids is 1. The molecule has 0 saturated heterocycles. The summed E-state index contributed by atoms with van der Waals surface area (Å²) < 4.78 is 18.2. The molecule has 0 bridgehead atoms. The molecule has 4 heteroatoms. The number of carbonyl (C=O) groups is 1. The van der Waals surface area contributed by atoms with Crippen molar-refractivity contribution in [2.75, 3.05) is 6.61 Å². The van der Waals surface area contributed by atoms with Crippen molar-refractivity contribution in [1.82, 2.24) is 0 Å². The van der Waals surface area contributed by atoms with E-state index in [0.717, 1.165) is 5.56 Å². The smallest absolute Gasteiger partial charge is 0.312 e. The molecule has 0 aliphatic heterocycles. The highest BCUT2D eigenvalue weighted by molar-refractivity contribution is 5.74. The number of hydrogen-bond acceptors (Lipinski definition) is 3. The average molecular weight is 266 g/mol. The van der Waals surface area contributed by atoms with Gasteiger partial charge >= 0.3 is 5.97 Å². The number of ether oxygens (including phenoxy) is 1. The van der Waals surface area contributed by atoms with Crippen LogP contribution < -0.4 is 0 Å². The summed E-state index contributed by atoms with van der Waals surface area (Å²) in [6.45, 7) is 3.88. The lowest BCUT2D eigenvalue weighted by Gasteiger charge is -2.31. The van der Waals surface area contributed by atoms with Crippen molar-refractivity contribution in [1.29, 1.82) is 0 Å². The monoisotopic (exact) mass is 266 g/mol. The van der Waals surface area contributed by atoms with E-state index in [0.29, 0.717) is 31.4 Å². The van der Waals surface area contributed by atoms with Crippen LogP contribution in [0.2, 0.25) is 0 Å². The highest BCUT2D eigenvalue weighted by atomic mass is 19.1. The SMILES string of the molecule is CCOC(=O)C(CC)C1(O)CCc2cc(F)ccc21. The number of aryl methyl sites for hydroxylation is 1. The Morgan fingerprint density at radius 2 is 2.26 bits per heavy atom. The third-order valence-electron chi connectivity index (χ3n) is 3.87. The van der Waals surface area contributed by atoms with Gasteiger partial charge in [0.1, 0.15) is 11.4 Å². The molecule has 104 valence electrons. The van der Waals surface area contributed by atoms with Crippen LogP contribution in [0.4, 0.5) is 4.39 Å². The summed E-state index contributed by atoms with van der Waals surface area (Å²) in [7, 11) is 0. The van der Waals surface area contributed by atoms with Gasteiger partial charge in [-0.2, -0.15) is 0 Å². The Hall–Kier alpha value is -1.42. The Labute approximate surface area is 112 Å². The summed E-state index contributed by atoms with van der Waals surface area (Å²) in [5.41, 5.74) is 0.211. The second kappa shape index (κ2) is 5.29. The number of esters is 1. The molecule has 1 aromatic carbocycles. The number of hydrogen-bond donors (Lipinski definition) is 1. The van der Waals surface area contributed by atoms with E-state index >= 15 is 0 Å². The number of halogens is 1. The van der Waals surface area contributed by atoms with E-state index in [9.17, 15) is 14.3 Å². The molecule has 2 unspecified atom stereocenters. The first-order valence-electron chi connectivity index (χ1n) is 6.70. The van der Waals surface area contributed by atoms with Crippen molar-refractivity contribution in [2.45, 2.75) is 38.7 Å². The fraction of sp³-hybridized carbons (Fsp3) is 0.533. The van der Waals surface area contributed by atoms with E-state index in [1.807, 2.05) is 6.92 Å². The molecule has 0 amide bonds. The number of fused-ring (bicyclic) bond motifs is 1. The molecule has 2 rings (SSSR count). The Balaban J connectivity index is 2.36. The molecule has 1 aromatic rings. The minimum absolute atomic E-state index is 0.293. The molecule has 3 nitrogen and oxygen atoms in total. The summed E-state index contributed by atoms with van der Waals surface area (Å²) >= 11 is 0. The Kier molecular flexibility index (Phi) is 3.90. The fourth-order valence-electron chi connectivity index (χ4n) is 2.96. The van der Waals surface area contributed by atoms with Gasteiger partial charge in [-0.15, -0.1) is 0 Å². The van der Waals surface area contributed by atoms with E-state index in [1.54, 1.807) is 13.0 Å². The van der Waals surface area contributed by atoms with Gasteiger partial charge < -0.3 is 9.84 Å². The normalized spacial score (nSPS) is 22.9. The van der Waals surface area contributed by atoms with Crippen LogP contribution in [0.25, 0.3) is 0 Å².